The fourth-order valence-corrected chi connectivity index (χ4v) is 2.80. The van der Waals surface area contributed by atoms with Crippen LogP contribution >= 0.6 is 24.8 Å². The molecule has 9 heteroatoms. The number of ether oxygens (including phenoxy) is 2. The number of nitrogen functional groups attached to an aromatic ring is 2. The van der Waals surface area contributed by atoms with Crippen LogP contribution in [0.15, 0.2) is 66.7 Å². The largest absolute Gasteiger partial charge is 0.488 e. The Morgan fingerprint density at radius 2 is 1.06 bits per heavy atom. The van der Waals surface area contributed by atoms with Crippen molar-refractivity contribution in [3.8, 4) is 11.5 Å². The Morgan fingerprint density at radius 1 is 0.677 bits per heavy atom. The lowest BCUT2D eigenvalue weighted by Crippen LogP contribution is -2.14. The smallest absolute Gasteiger partial charge is 0.136 e. The van der Waals surface area contributed by atoms with Gasteiger partial charge in [0.25, 0.3) is 0 Å². The van der Waals surface area contributed by atoms with E-state index in [1.165, 1.54) is 0 Å². The molecule has 0 unspecified atom stereocenters. The molecule has 0 amide bonds. The van der Waals surface area contributed by atoms with Crippen LogP contribution in [0.3, 0.4) is 0 Å². The second kappa shape index (κ2) is 11.8. The summed E-state index contributed by atoms with van der Waals surface area (Å²) in [5.74, 6) is 0.153. The second-order valence-electron chi connectivity index (χ2n) is 6.29. The van der Waals surface area contributed by atoms with E-state index in [4.69, 9.17) is 31.8 Å². The van der Waals surface area contributed by atoms with E-state index in [9.17, 15) is 4.39 Å². The SMILES string of the molecule is Cl.Cl.N=C(N)c1ccccc1OCc1cccc(COc2ccccc2C(=N)N)c1F. The van der Waals surface area contributed by atoms with Gasteiger partial charge in [-0.2, -0.15) is 0 Å². The molecule has 6 nitrogen and oxygen atoms in total. The first-order valence-corrected chi connectivity index (χ1v) is 8.86. The maximum atomic E-state index is 14.9. The normalized spacial score (nSPS) is 9.71. The highest BCUT2D eigenvalue weighted by molar-refractivity contribution is 5.98. The first-order chi connectivity index (χ1) is 14.0. The Bertz CT molecular complexity index is 983. The van der Waals surface area contributed by atoms with Gasteiger partial charge in [0.15, 0.2) is 0 Å². The molecular formula is C22H23Cl2FN4O2. The van der Waals surface area contributed by atoms with Crippen molar-refractivity contribution in [3.63, 3.8) is 0 Å². The van der Waals surface area contributed by atoms with Crippen LogP contribution in [0.1, 0.15) is 22.3 Å². The molecule has 0 aliphatic heterocycles. The highest BCUT2D eigenvalue weighted by Gasteiger charge is 2.13. The number of halogens is 3. The standard InChI is InChI=1S/C22H21FN4O2.2ClH/c23-20-14(12-28-18-10-3-1-8-16(18)21(24)25)6-5-7-15(20)13-29-19-11-4-2-9-17(19)22(26)27;;/h1-11H,12-13H2,(H3,24,25)(H3,26,27);2*1H. The quantitative estimate of drug-likeness (QED) is 0.291. The van der Waals surface area contributed by atoms with Gasteiger partial charge in [-0.25, -0.2) is 4.39 Å². The van der Waals surface area contributed by atoms with Gasteiger partial charge in [-0.3, -0.25) is 10.8 Å². The Labute approximate surface area is 192 Å². The summed E-state index contributed by atoms with van der Waals surface area (Å²) in [6.45, 7) is -0.0397. The predicted molar refractivity (Wildman–Crippen MR) is 124 cm³/mol. The molecule has 0 bridgehead atoms. The Kier molecular flexibility index (Phi) is 9.79. The van der Waals surface area contributed by atoms with Gasteiger partial charge in [-0.15, -0.1) is 24.8 Å². The molecular weight excluding hydrogens is 442 g/mol. The summed E-state index contributed by atoms with van der Waals surface area (Å²) < 4.78 is 26.3. The number of hydrogen-bond acceptors (Lipinski definition) is 4. The summed E-state index contributed by atoms with van der Waals surface area (Å²) in [6, 6.07) is 18.7. The van der Waals surface area contributed by atoms with E-state index in [-0.39, 0.29) is 49.7 Å². The highest BCUT2D eigenvalue weighted by atomic mass is 35.5. The van der Waals surface area contributed by atoms with Gasteiger partial charge in [-0.1, -0.05) is 42.5 Å². The van der Waals surface area contributed by atoms with Gasteiger partial charge in [0, 0.05) is 11.1 Å². The van der Waals surface area contributed by atoms with Crippen LogP contribution in [0.2, 0.25) is 0 Å². The molecule has 0 aliphatic carbocycles. The van der Waals surface area contributed by atoms with Gasteiger partial charge < -0.3 is 20.9 Å². The monoisotopic (exact) mass is 464 g/mol. The first kappa shape index (κ1) is 25.7. The van der Waals surface area contributed by atoms with E-state index in [0.717, 1.165) is 0 Å². The van der Waals surface area contributed by atoms with Crippen LogP contribution in [-0.2, 0) is 13.2 Å². The van der Waals surface area contributed by atoms with Crippen molar-refractivity contribution in [1.29, 1.82) is 10.8 Å². The van der Waals surface area contributed by atoms with Crippen LogP contribution in [0.4, 0.5) is 4.39 Å². The molecule has 6 N–H and O–H groups in total. The fourth-order valence-electron chi connectivity index (χ4n) is 2.80. The zero-order chi connectivity index (χ0) is 20.8. The van der Waals surface area contributed by atoms with Crippen molar-refractivity contribution in [1.82, 2.24) is 0 Å². The van der Waals surface area contributed by atoms with Crippen LogP contribution < -0.4 is 20.9 Å². The third-order valence-corrected chi connectivity index (χ3v) is 4.28. The molecule has 0 saturated carbocycles. The summed E-state index contributed by atoms with van der Waals surface area (Å²) in [7, 11) is 0. The number of benzene rings is 3. The van der Waals surface area contributed by atoms with E-state index in [1.807, 2.05) is 0 Å². The van der Waals surface area contributed by atoms with Crippen LogP contribution in [0, 0.1) is 16.6 Å². The topological polar surface area (TPSA) is 118 Å². The second-order valence-corrected chi connectivity index (χ2v) is 6.29. The molecule has 0 heterocycles. The van der Waals surface area contributed by atoms with E-state index < -0.39 is 5.82 Å². The molecule has 0 aromatic heterocycles. The van der Waals surface area contributed by atoms with Gasteiger partial charge >= 0.3 is 0 Å². The minimum Gasteiger partial charge on any atom is -0.488 e. The number of hydrogen-bond donors (Lipinski definition) is 4. The van der Waals surface area contributed by atoms with Crippen LogP contribution in [-0.4, -0.2) is 11.7 Å². The minimum absolute atomic E-state index is 0. The lowest BCUT2D eigenvalue weighted by atomic mass is 10.1. The third-order valence-electron chi connectivity index (χ3n) is 4.28. The average Bonchev–Trinajstić information content (AvgIpc) is 2.72. The molecule has 164 valence electrons. The van der Waals surface area contributed by atoms with Crippen molar-refractivity contribution in [2.45, 2.75) is 13.2 Å². The minimum atomic E-state index is -0.437. The number of nitrogens with two attached hydrogens (primary N) is 2. The third kappa shape index (κ3) is 6.34. The Balaban J connectivity index is 0.00000240. The Morgan fingerprint density at radius 3 is 1.45 bits per heavy atom. The van der Waals surface area contributed by atoms with Gasteiger partial charge in [-0.05, 0) is 24.3 Å². The highest BCUT2D eigenvalue weighted by Crippen LogP contribution is 2.23. The lowest BCUT2D eigenvalue weighted by Gasteiger charge is -2.14. The van der Waals surface area contributed by atoms with Gasteiger partial charge in [0.2, 0.25) is 0 Å². The summed E-state index contributed by atoms with van der Waals surface area (Å²) >= 11 is 0. The predicted octanol–water partition coefficient (Wildman–Crippen LogP) is 4.40. The first-order valence-electron chi connectivity index (χ1n) is 8.86. The summed E-state index contributed by atoms with van der Waals surface area (Å²) in [4.78, 5) is 0. The van der Waals surface area contributed by atoms with E-state index in [2.05, 4.69) is 0 Å². The Hall–Kier alpha value is -3.29. The van der Waals surface area contributed by atoms with E-state index in [0.29, 0.717) is 33.8 Å². The van der Waals surface area contributed by atoms with Crippen molar-refractivity contribution in [2.24, 2.45) is 11.5 Å². The summed E-state index contributed by atoms with van der Waals surface area (Å²) in [6.07, 6.45) is 0. The van der Waals surface area contributed by atoms with E-state index in [1.54, 1.807) is 66.7 Å². The van der Waals surface area contributed by atoms with Crippen LogP contribution in [0.5, 0.6) is 11.5 Å². The molecule has 0 spiro atoms. The summed E-state index contributed by atoms with van der Waals surface area (Å²) in [5.41, 5.74) is 12.7. The lowest BCUT2D eigenvalue weighted by molar-refractivity contribution is 0.287. The van der Waals surface area contributed by atoms with Crippen molar-refractivity contribution < 1.29 is 13.9 Å². The molecule has 0 atom stereocenters. The van der Waals surface area contributed by atoms with E-state index >= 15 is 0 Å². The zero-order valence-corrected chi connectivity index (χ0v) is 18.1. The summed E-state index contributed by atoms with van der Waals surface area (Å²) in [5, 5.41) is 15.2. The maximum absolute atomic E-state index is 14.9. The molecule has 0 aliphatic rings. The van der Waals surface area contributed by atoms with Crippen molar-refractivity contribution in [3.05, 3.63) is 94.8 Å². The maximum Gasteiger partial charge on any atom is 0.136 e. The fraction of sp³-hybridized carbons (Fsp3) is 0.0909. The molecule has 31 heavy (non-hydrogen) atoms. The molecule has 0 saturated heterocycles. The van der Waals surface area contributed by atoms with Crippen molar-refractivity contribution >= 4 is 36.5 Å². The van der Waals surface area contributed by atoms with Gasteiger partial charge in [0.1, 0.15) is 42.2 Å². The number of nitrogens with one attached hydrogen (secondary N) is 2. The molecule has 3 aromatic carbocycles. The van der Waals surface area contributed by atoms with Gasteiger partial charge in [0.05, 0.1) is 11.1 Å². The number of para-hydroxylation sites is 2. The number of amidine groups is 2. The average molecular weight is 465 g/mol. The van der Waals surface area contributed by atoms with Crippen LogP contribution in [0.25, 0.3) is 0 Å². The molecule has 0 fully saturated rings. The molecule has 0 radical (unpaired) electrons. The molecule has 3 aromatic rings. The molecule has 3 rings (SSSR count). The number of rotatable bonds is 8. The van der Waals surface area contributed by atoms with Crippen molar-refractivity contribution in [2.75, 3.05) is 0 Å². The zero-order valence-electron chi connectivity index (χ0n) is 16.4.